The van der Waals surface area contributed by atoms with Crippen molar-refractivity contribution >= 4 is 12.0 Å². The van der Waals surface area contributed by atoms with Crippen molar-refractivity contribution in [1.82, 2.24) is 4.90 Å². The van der Waals surface area contributed by atoms with Crippen molar-refractivity contribution < 1.29 is 4.79 Å². The average Bonchev–Trinajstić information content (AvgIpc) is 3.11. The zero-order valence-corrected chi connectivity index (χ0v) is 12.8. The molecular formula is C19H20N2O. The molecule has 22 heavy (non-hydrogen) atoms. The number of anilines is 1. The van der Waals surface area contributed by atoms with Gasteiger partial charge in [0.05, 0.1) is 5.41 Å². The quantitative estimate of drug-likeness (QED) is 0.638. The molecule has 0 radical (unpaired) electrons. The summed E-state index contributed by atoms with van der Waals surface area (Å²) >= 11 is 0. The summed E-state index contributed by atoms with van der Waals surface area (Å²) < 4.78 is 0. The van der Waals surface area contributed by atoms with Crippen LogP contribution in [0.4, 0.5) is 5.69 Å². The van der Waals surface area contributed by atoms with E-state index in [4.69, 9.17) is 0 Å². The molecule has 2 fully saturated rings. The van der Waals surface area contributed by atoms with Crippen LogP contribution in [-0.4, -0.2) is 30.3 Å². The van der Waals surface area contributed by atoms with Gasteiger partial charge in [-0.3, -0.25) is 9.69 Å². The highest BCUT2D eigenvalue weighted by atomic mass is 16.1. The van der Waals surface area contributed by atoms with Crippen LogP contribution in [-0.2, 0) is 10.2 Å². The zero-order chi connectivity index (χ0) is 14.9. The van der Waals surface area contributed by atoms with E-state index in [1.165, 1.54) is 22.5 Å². The highest BCUT2D eigenvalue weighted by Gasteiger charge is 2.60. The number of hydrogen-bond donors (Lipinski definition) is 1. The van der Waals surface area contributed by atoms with Crippen molar-refractivity contribution in [2.75, 3.05) is 18.4 Å². The number of aldehydes is 1. The molecule has 3 heterocycles. The molecular weight excluding hydrogens is 272 g/mol. The summed E-state index contributed by atoms with van der Waals surface area (Å²) in [6.07, 6.45) is 5.55. The second kappa shape index (κ2) is 4.11. The normalized spacial score (nSPS) is 37.0. The molecule has 3 aliphatic heterocycles. The van der Waals surface area contributed by atoms with Gasteiger partial charge in [-0.05, 0) is 31.4 Å². The van der Waals surface area contributed by atoms with Crippen molar-refractivity contribution in [2.45, 2.75) is 31.2 Å². The molecule has 0 saturated carbocycles. The first-order chi connectivity index (χ1) is 10.8. The summed E-state index contributed by atoms with van der Waals surface area (Å²) in [5, 5.41) is 3.62. The minimum Gasteiger partial charge on any atom is -0.358 e. The average molecular weight is 292 g/mol. The standard InChI is InChI=1S/C19H20N2O/c1-2-12-10-21-8-7-19-15-5-3-4-6-16(15)20-18(19)14(11-22)13(12)9-17(19)21/h2-6,11,13,17,20H,7-10H2,1H3/b12-2+. The summed E-state index contributed by atoms with van der Waals surface area (Å²) in [6, 6.07) is 9.16. The Kier molecular flexibility index (Phi) is 2.36. The lowest BCUT2D eigenvalue weighted by atomic mass is 9.62. The van der Waals surface area contributed by atoms with Crippen LogP contribution in [0.5, 0.6) is 0 Å². The Bertz CT molecular complexity index is 748. The summed E-state index contributed by atoms with van der Waals surface area (Å²) in [5.41, 5.74) is 6.25. The lowest BCUT2D eigenvalue weighted by molar-refractivity contribution is -0.105. The van der Waals surface area contributed by atoms with Gasteiger partial charge in [-0.1, -0.05) is 29.8 Å². The molecule has 2 saturated heterocycles. The second-order valence-electron chi connectivity index (χ2n) is 6.98. The first kappa shape index (κ1) is 12.7. The number of para-hydroxylation sites is 1. The van der Waals surface area contributed by atoms with Crippen molar-refractivity contribution in [3.8, 4) is 0 Å². The summed E-state index contributed by atoms with van der Waals surface area (Å²) in [6.45, 7) is 4.26. The smallest absolute Gasteiger partial charge is 0.148 e. The molecule has 1 N–H and O–H groups in total. The largest absolute Gasteiger partial charge is 0.358 e. The Morgan fingerprint density at radius 1 is 1.36 bits per heavy atom. The maximum Gasteiger partial charge on any atom is 0.148 e. The molecule has 0 aromatic heterocycles. The lowest BCUT2D eigenvalue weighted by Crippen LogP contribution is -2.52. The molecule has 0 amide bonds. The fourth-order valence-electron chi connectivity index (χ4n) is 5.44. The van der Waals surface area contributed by atoms with Crippen LogP contribution < -0.4 is 5.32 Å². The predicted octanol–water partition coefficient (Wildman–Crippen LogP) is 2.86. The SMILES string of the molecule is C/C=C1\CN2CCC34C(=C(C=O)C1CC23)Nc1ccccc14. The highest BCUT2D eigenvalue weighted by molar-refractivity contribution is 5.84. The molecule has 112 valence electrons. The summed E-state index contributed by atoms with van der Waals surface area (Å²) in [4.78, 5) is 14.6. The number of nitrogens with one attached hydrogen (secondary N) is 1. The van der Waals surface area contributed by atoms with Crippen LogP contribution in [0.25, 0.3) is 0 Å². The van der Waals surface area contributed by atoms with Gasteiger partial charge >= 0.3 is 0 Å². The van der Waals surface area contributed by atoms with E-state index >= 15 is 0 Å². The van der Waals surface area contributed by atoms with Crippen molar-refractivity contribution in [2.24, 2.45) is 5.92 Å². The molecule has 1 spiro atoms. The molecule has 3 nitrogen and oxygen atoms in total. The van der Waals surface area contributed by atoms with Crippen molar-refractivity contribution in [1.29, 1.82) is 0 Å². The molecule has 1 aromatic rings. The van der Waals surface area contributed by atoms with E-state index in [0.717, 1.165) is 37.8 Å². The fraction of sp³-hybridized carbons (Fsp3) is 0.421. The molecule has 3 unspecified atom stereocenters. The molecule has 4 aliphatic rings. The molecule has 3 heteroatoms. The number of rotatable bonds is 1. The van der Waals surface area contributed by atoms with Gasteiger partial charge in [0.2, 0.25) is 0 Å². The summed E-state index contributed by atoms with van der Waals surface area (Å²) in [5.74, 6) is 0.312. The Morgan fingerprint density at radius 3 is 3.05 bits per heavy atom. The van der Waals surface area contributed by atoms with Crippen LogP contribution in [0.15, 0.2) is 47.2 Å². The van der Waals surface area contributed by atoms with E-state index in [2.05, 4.69) is 47.5 Å². The van der Waals surface area contributed by atoms with Gasteiger partial charge in [0, 0.05) is 42.0 Å². The second-order valence-corrected chi connectivity index (χ2v) is 6.98. The summed E-state index contributed by atoms with van der Waals surface area (Å²) in [7, 11) is 0. The van der Waals surface area contributed by atoms with E-state index in [0.29, 0.717) is 12.0 Å². The minimum absolute atomic E-state index is 0.0304. The molecule has 1 aliphatic carbocycles. The number of nitrogens with zero attached hydrogens (tertiary/aromatic N) is 1. The topological polar surface area (TPSA) is 32.3 Å². The van der Waals surface area contributed by atoms with Gasteiger partial charge in [-0.25, -0.2) is 0 Å². The van der Waals surface area contributed by atoms with E-state index in [9.17, 15) is 4.79 Å². The van der Waals surface area contributed by atoms with Gasteiger partial charge < -0.3 is 5.32 Å². The number of allylic oxidation sites excluding steroid dienone is 2. The Morgan fingerprint density at radius 2 is 2.23 bits per heavy atom. The lowest BCUT2D eigenvalue weighted by Gasteiger charge is -2.48. The molecule has 3 atom stereocenters. The van der Waals surface area contributed by atoms with Gasteiger partial charge in [-0.2, -0.15) is 0 Å². The number of carbonyl (C=O) groups excluding carboxylic acids is 1. The van der Waals surface area contributed by atoms with E-state index in [1.54, 1.807) is 0 Å². The number of hydrogen-bond acceptors (Lipinski definition) is 3. The van der Waals surface area contributed by atoms with Crippen LogP contribution >= 0.6 is 0 Å². The van der Waals surface area contributed by atoms with Crippen LogP contribution in [0.2, 0.25) is 0 Å². The minimum atomic E-state index is 0.0304. The molecule has 1 aromatic carbocycles. The number of benzene rings is 1. The number of piperidine rings is 1. The van der Waals surface area contributed by atoms with Gasteiger partial charge in [0.1, 0.15) is 6.29 Å². The monoisotopic (exact) mass is 292 g/mol. The Balaban J connectivity index is 1.83. The third-order valence-electron chi connectivity index (χ3n) is 6.37. The van der Waals surface area contributed by atoms with E-state index < -0.39 is 0 Å². The van der Waals surface area contributed by atoms with Gasteiger partial charge in [-0.15, -0.1) is 0 Å². The Hall–Kier alpha value is -1.87. The highest BCUT2D eigenvalue weighted by Crippen LogP contribution is 2.60. The van der Waals surface area contributed by atoms with Gasteiger partial charge in [0.25, 0.3) is 0 Å². The third kappa shape index (κ3) is 1.25. The predicted molar refractivity (Wildman–Crippen MR) is 86.7 cm³/mol. The van der Waals surface area contributed by atoms with Crippen LogP contribution in [0.3, 0.4) is 0 Å². The first-order valence-electron chi connectivity index (χ1n) is 8.25. The van der Waals surface area contributed by atoms with E-state index in [1.807, 2.05) is 0 Å². The zero-order valence-electron chi connectivity index (χ0n) is 12.8. The Labute approximate surface area is 130 Å². The third-order valence-corrected chi connectivity index (χ3v) is 6.37. The number of fused-ring (bicyclic) bond motifs is 2. The van der Waals surface area contributed by atoms with E-state index in [-0.39, 0.29) is 5.41 Å². The van der Waals surface area contributed by atoms with Crippen molar-refractivity contribution in [3.63, 3.8) is 0 Å². The fourth-order valence-corrected chi connectivity index (χ4v) is 5.44. The maximum atomic E-state index is 11.9. The maximum absolute atomic E-state index is 11.9. The van der Waals surface area contributed by atoms with Crippen molar-refractivity contribution in [3.05, 3.63) is 52.7 Å². The first-order valence-corrected chi connectivity index (χ1v) is 8.25. The number of carbonyl (C=O) groups is 1. The van der Waals surface area contributed by atoms with Crippen LogP contribution in [0.1, 0.15) is 25.3 Å². The van der Waals surface area contributed by atoms with Crippen LogP contribution in [0, 0.1) is 5.92 Å². The van der Waals surface area contributed by atoms with Gasteiger partial charge in [0.15, 0.2) is 0 Å². The molecule has 2 bridgehead atoms. The molecule has 5 rings (SSSR count).